The Labute approximate surface area is 88.5 Å². The summed E-state index contributed by atoms with van der Waals surface area (Å²) in [6, 6.07) is 0. The minimum absolute atomic E-state index is 0.638. The first-order valence-corrected chi connectivity index (χ1v) is 5.70. The van der Waals surface area contributed by atoms with Crippen molar-refractivity contribution in [2.45, 2.75) is 20.4 Å². The molecular formula is C9H16N4S. The van der Waals surface area contributed by atoms with Crippen LogP contribution in [0.4, 0.5) is 0 Å². The second-order valence-electron chi connectivity index (χ2n) is 2.71. The van der Waals surface area contributed by atoms with Crippen LogP contribution in [0.25, 0.3) is 0 Å². The third kappa shape index (κ3) is 3.74. The van der Waals surface area contributed by atoms with E-state index < -0.39 is 0 Å². The van der Waals surface area contributed by atoms with E-state index in [1.54, 1.807) is 11.3 Å². The van der Waals surface area contributed by atoms with Gasteiger partial charge in [0.15, 0.2) is 5.96 Å². The first kappa shape index (κ1) is 11.0. The molecule has 0 spiro atoms. The molecule has 0 radical (unpaired) electrons. The molecule has 0 saturated heterocycles. The van der Waals surface area contributed by atoms with Crippen molar-refractivity contribution in [1.29, 1.82) is 0 Å². The summed E-state index contributed by atoms with van der Waals surface area (Å²) in [5.74, 6) is 0.850. The number of guanidine groups is 1. The molecule has 0 unspecified atom stereocenters. The fraction of sp³-hybridized carbons (Fsp3) is 0.556. The van der Waals surface area contributed by atoms with E-state index in [0.29, 0.717) is 6.54 Å². The predicted octanol–water partition coefficient (Wildman–Crippen LogP) is 1.22. The summed E-state index contributed by atoms with van der Waals surface area (Å²) in [6.07, 6.45) is 0. The van der Waals surface area contributed by atoms with Gasteiger partial charge >= 0.3 is 0 Å². The summed E-state index contributed by atoms with van der Waals surface area (Å²) in [5, 5.41) is 8.33. The molecule has 0 saturated carbocycles. The maximum Gasteiger partial charge on any atom is 0.191 e. The summed E-state index contributed by atoms with van der Waals surface area (Å²) in [4.78, 5) is 8.55. The average Bonchev–Trinajstić information content (AvgIpc) is 2.67. The number of nitrogens with zero attached hydrogens (tertiary/aromatic N) is 2. The Hall–Kier alpha value is -1.10. The number of aliphatic imine (C=N–C) groups is 1. The minimum Gasteiger partial charge on any atom is -0.357 e. The summed E-state index contributed by atoms with van der Waals surface area (Å²) in [6.45, 7) is 6.50. The molecule has 4 nitrogen and oxygen atoms in total. The zero-order valence-corrected chi connectivity index (χ0v) is 9.40. The average molecular weight is 212 g/mol. The van der Waals surface area contributed by atoms with Gasteiger partial charge in [0, 0.05) is 18.5 Å². The van der Waals surface area contributed by atoms with Gasteiger partial charge in [0.25, 0.3) is 0 Å². The van der Waals surface area contributed by atoms with Crippen LogP contribution in [-0.4, -0.2) is 24.0 Å². The highest BCUT2D eigenvalue weighted by Gasteiger charge is 1.95. The van der Waals surface area contributed by atoms with E-state index in [2.05, 4.69) is 34.5 Å². The molecule has 1 rings (SSSR count). The van der Waals surface area contributed by atoms with Crippen LogP contribution in [0.15, 0.2) is 15.9 Å². The normalized spacial score (nSPS) is 9.57. The van der Waals surface area contributed by atoms with E-state index in [1.165, 1.54) is 0 Å². The third-order valence-corrected chi connectivity index (χ3v) is 2.21. The first-order valence-electron chi connectivity index (χ1n) is 4.76. The van der Waals surface area contributed by atoms with Crippen molar-refractivity contribution in [3.05, 3.63) is 16.6 Å². The largest absolute Gasteiger partial charge is 0.357 e. The van der Waals surface area contributed by atoms with Gasteiger partial charge in [-0.25, -0.2) is 9.98 Å². The van der Waals surface area contributed by atoms with Crippen molar-refractivity contribution in [2.75, 3.05) is 13.1 Å². The Kier molecular flexibility index (Phi) is 4.99. The Balaban J connectivity index is 2.45. The van der Waals surface area contributed by atoms with Gasteiger partial charge in [-0.3, -0.25) is 0 Å². The molecular weight excluding hydrogens is 196 g/mol. The molecule has 2 N–H and O–H groups in total. The molecule has 0 aliphatic carbocycles. The van der Waals surface area contributed by atoms with Crippen LogP contribution in [0.3, 0.4) is 0 Å². The van der Waals surface area contributed by atoms with Gasteiger partial charge < -0.3 is 10.6 Å². The van der Waals surface area contributed by atoms with Crippen molar-refractivity contribution in [2.24, 2.45) is 4.99 Å². The number of nitrogens with one attached hydrogen (secondary N) is 2. The zero-order chi connectivity index (χ0) is 10.2. The lowest BCUT2D eigenvalue weighted by Gasteiger charge is -2.08. The second-order valence-corrected chi connectivity index (χ2v) is 3.42. The van der Waals surface area contributed by atoms with Crippen LogP contribution in [-0.2, 0) is 6.54 Å². The number of rotatable bonds is 4. The molecule has 14 heavy (non-hydrogen) atoms. The minimum atomic E-state index is 0.638. The van der Waals surface area contributed by atoms with Gasteiger partial charge in [0.1, 0.15) is 0 Å². The number of thiazole rings is 1. The number of hydrogen-bond acceptors (Lipinski definition) is 3. The molecule has 78 valence electrons. The Morgan fingerprint density at radius 1 is 1.43 bits per heavy atom. The second kappa shape index (κ2) is 6.37. The predicted molar refractivity (Wildman–Crippen MR) is 60.6 cm³/mol. The molecule has 0 aromatic carbocycles. The Morgan fingerprint density at radius 3 is 2.64 bits per heavy atom. The van der Waals surface area contributed by atoms with E-state index >= 15 is 0 Å². The maximum absolute atomic E-state index is 4.38. The lowest BCUT2D eigenvalue weighted by Crippen LogP contribution is -2.36. The van der Waals surface area contributed by atoms with Crippen LogP contribution in [0, 0.1) is 0 Å². The molecule has 1 aromatic rings. The van der Waals surface area contributed by atoms with Crippen LogP contribution >= 0.6 is 11.3 Å². The van der Waals surface area contributed by atoms with Crippen molar-refractivity contribution in [1.82, 2.24) is 15.6 Å². The van der Waals surface area contributed by atoms with E-state index in [9.17, 15) is 0 Å². The van der Waals surface area contributed by atoms with E-state index in [1.807, 2.05) is 10.9 Å². The van der Waals surface area contributed by atoms with Gasteiger partial charge in [0.05, 0.1) is 17.7 Å². The topological polar surface area (TPSA) is 49.3 Å². The summed E-state index contributed by atoms with van der Waals surface area (Å²) in [5.41, 5.74) is 2.84. The van der Waals surface area contributed by atoms with Gasteiger partial charge in [-0.15, -0.1) is 11.3 Å². The SMILES string of the molecule is CCNC(=NCc1cscn1)NCC. The molecule has 0 amide bonds. The monoisotopic (exact) mass is 212 g/mol. The standard InChI is InChI=1S/C9H16N4S/c1-3-10-9(11-4-2)12-5-8-6-14-7-13-8/h6-7H,3-5H2,1-2H3,(H2,10,11,12). The van der Waals surface area contributed by atoms with E-state index in [0.717, 1.165) is 24.7 Å². The summed E-state index contributed by atoms with van der Waals surface area (Å²) in [7, 11) is 0. The van der Waals surface area contributed by atoms with Gasteiger partial charge in [0.2, 0.25) is 0 Å². The molecule has 1 heterocycles. The molecule has 0 aliphatic heterocycles. The highest BCUT2D eigenvalue weighted by molar-refractivity contribution is 7.07. The molecule has 1 aromatic heterocycles. The molecule has 5 heteroatoms. The van der Waals surface area contributed by atoms with Crippen LogP contribution < -0.4 is 10.6 Å². The quantitative estimate of drug-likeness (QED) is 0.583. The Bertz CT molecular complexity index is 260. The van der Waals surface area contributed by atoms with Crippen molar-refractivity contribution >= 4 is 17.3 Å². The van der Waals surface area contributed by atoms with Crippen LogP contribution in [0.2, 0.25) is 0 Å². The van der Waals surface area contributed by atoms with Crippen LogP contribution in [0.1, 0.15) is 19.5 Å². The van der Waals surface area contributed by atoms with Crippen molar-refractivity contribution in [3.63, 3.8) is 0 Å². The van der Waals surface area contributed by atoms with Crippen LogP contribution in [0.5, 0.6) is 0 Å². The summed E-state index contributed by atoms with van der Waals surface area (Å²) >= 11 is 1.60. The van der Waals surface area contributed by atoms with Crippen molar-refractivity contribution in [3.8, 4) is 0 Å². The van der Waals surface area contributed by atoms with Gasteiger partial charge in [-0.05, 0) is 13.8 Å². The number of hydrogen-bond donors (Lipinski definition) is 2. The van der Waals surface area contributed by atoms with E-state index in [4.69, 9.17) is 0 Å². The van der Waals surface area contributed by atoms with Gasteiger partial charge in [-0.1, -0.05) is 0 Å². The Morgan fingerprint density at radius 2 is 2.14 bits per heavy atom. The molecule has 0 fully saturated rings. The lowest BCUT2D eigenvalue weighted by molar-refractivity contribution is 0.835. The lowest BCUT2D eigenvalue weighted by atomic mass is 10.5. The maximum atomic E-state index is 4.38. The highest BCUT2D eigenvalue weighted by atomic mass is 32.1. The van der Waals surface area contributed by atoms with E-state index in [-0.39, 0.29) is 0 Å². The zero-order valence-electron chi connectivity index (χ0n) is 8.58. The smallest absolute Gasteiger partial charge is 0.191 e. The fourth-order valence-corrected chi connectivity index (χ4v) is 1.53. The summed E-state index contributed by atoms with van der Waals surface area (Å²) < 4.78 is 0. The fourth-order valence-electron chi connectivity index (χ4n) is 0.985. The third-order valence-electron chi connectivity index (χ3n) is 1.57. The van der Waals surface area contributed by atoms with Crippen molar-refractivity contribution < 1.29 is 0 Å². The molecule has 0 atom stereocenters. The molecule has 0 bridgehead atoms. The van der Waals surface area contributed by atoms with Gasteiger partial charge in [-0.2, -0.15) is 0 Å². The number of aromatic nitrogens is 1. The first-order chi connectivity index (χ1) is 6.86. The molecule has 0 aliphatic rings. The highest BCUT2D eigenvalue weighted by Crippen LogP contribution is 2.01.